The van der Waals surface area contributed by atoms with Crippen molar-refractivity contribution in [2.45, 2.75) is 52.0 Å². The summed E-state index contributed by atoms with van der Waals surface area (Å²) in [5, 5.41) is 12.5. The number of hydrogen-bond donors (Lipinski definition) is 1. The largest absolute Gasteiger partial charge is 0.376 e. The van der Waals surface area contributed by atoms with Gasteiger partial charge in [-0.1, -0.05) is 45.0 Å². The number of anilines is 1. The molecule has 2 aromatic carbocycles. The van der Waals surface area contributed by atoms with E-state index < -0.39 is 0 Å². The van der Waals surface area contributed by atoms with Crippen LogP contribution in [0.4, 0.5) is 5.69 Å². The highest BCUT2D eigenvalue weighted by atomic mass is 15.0. The van der Waals surface area contributed by atoms with E-state index in [0.29, 0.717) is 5.56 Å². The van der Waals surface area contributed by atoms with Gasteiger partial charge >= 0.3 is 0 Å². The molecule has 0 aliphatic rings. The van der Waals surface area contributed by atoms with E-state index in [0.717, 1.165) is 17.7 Å². The summed E-state index contributed by atoms with van der Waals surface area (Å²) < 4.78 is 0. The van der Waals surface area contributed by atoms with E-state index in [-0.39, 0.29) is 11.0 Å². The monoisotopic (exact) mass is 306 g/mol. The third kappa shape index (κ3) is 3.93. The molecule has 0 amide bonds. The first kappa shape index (κ1) is 17.1. The van der Waals surface area contributed by atoms with Crippen LogP contribution in [0.1, 0.15) is 57.7 Å². The van der Waals surface area contributed by atoms with Gasteiger partial charge in [-0.3, -0.25) is 0 Å². The van der Waals surface area contributed by atoms with Crippen LogP contribution in [0.2, 0.25) is 0 Å². The highest BCUT2D eigenvalue weighted by molar-refractivity contribution is 5.50. The molecule has 2 rings (SSSR count). The van der Waals surface area contributed by atoms with Gasteiger partial charge in [0.25, 0.3) is 0 Å². The predicted molar refractivity (Wildman–Crippen MR) is 97.6 cm³/mol. The van der Waals surface area contributed by atoms with E-state index in [1.54, 1.807) is 0 Å². The lowest BCUT2D eigenvalue weighted by atomic mass is 9.82. The molecule has 0 aromatic heterocycles. The molecule has 0 bridgehead atoms. The van der Waals surface area contributed by atoms with Crippen LogP contribution in [0, 0.1) is 11.3 Å². The number of rotatable bonds is 5. The highest BCUT2D eigenvalue weighted by Gasteiger charge is 2.21. The van der Waals surface area contributed by atoms with E-state index >= 15 is 0 Å². The molecule has 23 heavy (non-hydrogen) atoms. The summed E-state index contributed by atoms with van der Waals surface area (Å²) in [5.74, 6) is 0. The van der Waals surface area contributed by atoms with Gasteiger partial charge < -0.3 is 5.32 Å². The molecule has 1 N–H and O–H groups in total. The summed E-state index contributed by atoms with van der Waals surface area (Å²) in [6, 6.07) is 18.6. The first-order valence-corrected chi connectivity index (χ1v) is 8.18. The lowest BCUT2D eigenvalue weighted by molar-refractivity contribution is 0.506. The van der Waals surface area contributed by atoms with E-state index in [1.165, 1.54) is 5.56 Å². The first-order chi connectivity index (χ1) is 10.8. The van der Waals surface area contributed by atoms with Crippen LogP contribution in [0.5, 0.6) is 0 Å². The van der Waals surface area contributed by atoms with Gasteiger partial charge in [-0.05, 0) is 61.1 Å². The zero-order valence-electron chi connectivity index (χ0n) is 14.8. The number of benzene rings is 2. The molecule has 120 valence electrons. The molecule has 0 saturated heterocycles. The van der Waals surface area contributed by atoms with Crippen molar-refractivity contribution >= 4 is 5.69 Å². The van der Waals surface area contributed by atoms with Crippen molar-refractivity contribution in [2.24, 2.45) is 0 Å². The zero-order chi connectivity index (χ0) is 17.1. The van der Waals surface area contributed by atoms with Crippen molar-refractivity contribution in [3.63, 3.8) is 0 Å². The highest BCUT2D eigenvalue weighted by Crippen LogP contribution is 2.30. The minimum absolute atomic E-state index is 0.199. The van der Waals surface area contributed by atoms with Gasteiger partial charge in [0.2, 0.25) is 0 Å². The Hall–Kier alpha value is -2.27. The van der Waals surface area contributed by atoms with Crippen molar-refractivity contribution in [3.8, 4) is 6.07 Å². The normalized spacial score (nSPS) is 11.8. The van der Waals surface area contributed by atoms with Gasteiger partial charge in [0.1, 0.15) is 0 Å². The zero-order valence-corrected chi connectivity index (χ0v) is 14.8. The second-order valence-corrected chi connectivity index (χ2v) is 7.25. The van der Waals surface area contributed by atoms with Crippen LogP contribution in [0.25, 0.3) is 0 Å². The summed E-state index contributed by atoms with van der Waals surface area (Å²) in [5.41, 5.74) is 4.33. The van der Waals surface area contributed by atoms with Crippen LogP contribution < -0.4 is 5.32 Å². The molecule has 2 heteroatoms. The second-order valence-electron chi connectivity index (χ2n) is 7.25. The van der Waals surface area contributed by atoms with Crippen LogP contribution in [0.3, 0.4) is 0 Å². The fourth-order valence-electron chi connectivity index (χ4n) is 2.60. The Kier molecular flexibility index (Phi) is 4.80. The Morgan fingerprint density at radius 2 is 1.39 bits per heavy atom. The maximum absolute atomic E-state index is 8.91. The summed E-state index contributed by atoms with van der Waals surface area (Å²) in [4.78, 5) is 0. The first-order valence-electron chi connectivity index (χ1n) is 8.18. The summed E-state index contributed by atoms with van der Waals surface area (Å²) in [7, 11) is 0. The summed E-state index contributed by atoms with van der Waals surface area (Å²) >= 11 is 0. The molecule has 0 spiro atoms. The van der Waals surface area contributed by atoms with Crippen molar-refractivity contribution in [2.75, 3.05) is 5.32 Å². The molecule has 2 aromatic rings. The molecule has 0 heterocycles. The fraction of sp³-hybridized carbons (Fsp3) is 0.381. The maximum atomic E-state index is 8.91. The van der Waals surface area contributed by atoms with E-state index in [1.807, 2.05) is 24.3 Å². The Morgan fingerprint density at radius 3 is 1.87 bits per heavy atom. The van der Waals surface area contributed by atoms with Gasteiger partial charge in [0.05, 0.1) is 17.2 Å². The molecule has 0 atom stereocenters. The van der Waals surface area contributed by atoms with E-state index in [2.05, 4.69) is 70.3 Å². The fourth-order valence-corrected chi connectivity index (χ4v) is 2.60. The molecule has 0 unspecified atom stereocenters. The summed E-state index contributed by atoms with van der Waals surface area (Å²) in [6.07, 6.45) is 1.12. The van der Waals surface area contributed by atoms with Crippen molar-refractivity contribution in [3.05, 3.63) is 65.2 Å². The smallest absolute Gasteiger partial charge is 0.0991 e. The number of nitrogens with one attached hydrogen (secondary N) is 1. The predicted octanol–water partition coefficient (Wildman–Crippen LogP) is 5.59. The van der Waals surface area contributed by atoms with Crippen LogP contribution in [0.15, 0.2) is 48.5 Å². The lowest BCUT2D eigenvalue weighted by Crippen LogP contribution is -2.28. The SMILES string of the molecule is CCC(C)(C)c1ccc(NC(C)(C)c2ccc(C#N)cc2)cc1. The van der Waals surface area contributed by atoms with Crippen molar-refractivity contribution < 1.29 is 0 Å². The average molecular weight is 306 g/mol. The quantitative estimate of drug-likeness (QED) is 0.781. The standard InChI is InChI=1S/C21H26N2/c1-6-20(2,3)17-11-13-19(14-12-17)23-21(4,5)18-9-7-16(15-22)8-10-18/h7-14,23H,6H2,1-5H3. The Morgan fingerprint density at radius 1 is 0.870 bits per heavy atom. The van der Waals surface area contributed by atoms with Crippen molar-refractivity contribution in [1.29, 1.82) is 5.26 Å². The molecule has 0 aliphatic carbocycles. The Balaban J connectivity index is 2.18. The van der Waals surface area contributed by atoms with Crippen LogP contribution in [-0.2, 0) is 11.0 Å². The molecular formula is C21H26N2. The van der Waals surface area contributed by atoms with E-state index in [4.69, 9.17) is 5.26 Å². The lowest BCUT2D eigenvalue weighted by Gasteiger charge is -2.29. The van der Waals surface area contributed by atoms with Gasteiger partial charge in [-0.25, -0.2) is 0 Å². The van der Waals surface area contributed by atoms with Gasteiger partial charge in [-0.2, -0.15) is 5.26 Å². The molecule has 0 radical (unpaired) electrons. The molecule has 0 aliphatic heterocycles. The minimum Gasteiger partial charge on any atom is -0.376 e. The van der Waals surface area contributed by atoms with Gasteiger partial charge in [-0.15, -0.1) is 0 Å². The Labute approximate surface area is 140 Å². The number of nitrogens with zero attached hydrogens (tertiary/aromatic N) is 1. The third-order valence-corrected chi connectivity index (χ3v) is 4.74. The molecular weight excluding hydrogens is 280 g/mol. The van der Waals surface area contributed by atoms with E-state index in [9.17, 15) is 0 Å². The Bertz CT molecular complexity index is 686. The molecule has 2 nitrogen and oxygen atoms in total. The maximum Gasteiger partial charge on any atom is 0.0991 e. The van der Waals surface area contributed by atoms with Crippen LogP contribution in [-0.4, -0.2) is 0 Å². The third-order valence-electron chi connectivity index (χ3n) is 4.74. The summed E-state index contributed by atoms with van der Waals surface area (Å²) in [6.45, 7) is 11.1. The van der Waals surface area contributed by atoms with Gasteiger partial charge in [0, 0.05) is 5.69 Å². The van der Waals surface area contributed by atoms with Crippen molar-refractivity contribution in [1.82, 2.24) is 0 Å². The molecule has 0 fully saturated rings. The number of hydrogen-bond acceptors (Lipinski definition) is 2. The average Bonchev–Trinajstić information content (AvgIpc) is 2.55. The van der Waals surface area contributed by atoms with Crippen LogP contribution >= 0.6 is 0 Å². The molecule has 0 saturated carbocycles. The minimum atomic E-state index is -0.199. The number of nitriles is 1. The second kappa shape index (κ2) is 6.46. The topological polar surface area (TPSA) is 35.8 Å². The van der Waals surface area contributed by atoms with Gasteiger partial charge in [0.15, 0.2) is 0 Å².